The van der Waals surface area contributed by atoms with Crippen molar-refractivity contribution in [3.05, 3.63) is 30.1 Å². The highest BCUT2D eigenvalue weighted by molar-refractivity contribution is 5.78. The zero-order chi connectivity index (χ0) is 15.9. The average molecular weight is 309 g/mol. The largest absolute Gasteiger partial charge is 0.481 e. The van der Waals surface area contributed by atoms with Crippen LogP contribution in [0.15, 0.2) is 24.3 Å². The van der Waals surface area contributed by atoms with Crippen molar-refractivity contribution in [2.75, 3.05) is 39.3 Å². The van der Waals surface area contributed by atoms with E-state index in [-0.39, 0.29) is 24.3 Å². The summed E-state index contributed by atoms with van der Waals surface area (Å²) in [5.74, 6) is -0.632. The molecular weight excluding hydrogens is 289 g/mol. The average Bonchev–Trinajstić information content (AvgIpc) is 2.54. The number of amides is 3. The van der Waals surface area contributed by atoms with Crippen molar-refractivity contribution < 1.29 is 18.7 Å². The van der Waals surface area contributed by atoms with E-state index in [0.29, 0.717) is 32.7 Å². The van der Waals surface area contributed by atoms with E-state index in [1.54, 1.807) is 21.9 Å². The van der Waals surface area contributed by atoms with E-state index >= 15 is 0 Å². The molecule has 7 heteroatoms. The minimum atomic E-state index is -0.489. The van der Waals surface area contributed by atoms with Crippen molar-refractivity contribution in [1.29, 1.82) is 0 Å². The first kappa shape index (κ1) is 16.1. The van der Waals surface area contributed by atoms with Crippen molar-refractivity contribution in [3.63, 3.8) is 0 Å². The van der Waals surface area contributed by atoms with Crippen LogP contribution in [0.1, 0.15) is 6.92 Å². The summed E-state index contributed by atoms with van der Waals surface area (Å²) in [6.45, 7) is 4.11. The summed E-state index contributed by atoms with van der Waals surface area (Å²) in [7, 11) is 0. The molecule has 0 saturated carbocycles. The molecule has 2 rings (SSSR count). The van der Waals surface area contributed by atoms with Crippen LogP contribution in [-0.2, 0) is 4.79 Å². The Morgan fingerprint density at radius 3 is 2.45 bits per heavy atom. The molecule has 3 amide bonds. The molecule has 0 radical (unpaired) electrons. The van der Waals surface area contributed by atoms with Crippen LogP contribution in [0.4, 0.5) is 9.18 Å². The third-order valence-electron chi connectivity index (χ3n) is 3.44. The predicted molar refractivity (Wildman–Crippen MR) is 79.1 cm³/mol. The zero-order valence-corrected chi connectivity index (χ0v) is 12.5. The number of benzene rings is 1. The van der Waals surface area contributed by atoms with Crippen molar-refractivity contribution in [2.45, 2.75) is 6.92 Å². The number of nitrogens with zero attached hydrogens (tertiary/aromatic N) is 2. The van der Waals surface area contributed by atoms with E-state index in [1.165, 1.54) is 12.1 Å². The molecule has 1 aromatic rings. The van der Waals surface area contributed by atoms with Crippen LogP contribution < -0.4 is 10.1 Å². The molecule has 1 aromatic carbocycles. The second kappa shape index (κ2) is 7.63. The summed E-state index contributed by atoms with van der Waals surface area (Å²) in [6, 6.07) is 5.86. The maximum absolute atomic E-state index is 13.4. The van der Waals surface area contributed by atoms with Crippen molar-refractivity contribution >= 4 is 11.9 Å². The zero-order valence-electron chi connectivity index (χ0n) is 12.5. The Bertz CT molecular complexity index is 531. The standard InChI is InChI=1S/C15H20FN3O3/c1-2-17-15(21)19-9-7-18(8-10-19)14(20)11-22-13-6-4-3-5-12(13)16/h3-6H,2,7-11H2,1H3,(H,17,21). The number of carbonyl (C=O) groups excluding carboxylic acids is 2. The van der Waals surface area contributed by atoms with Gasteiger partial charge in [0.05, 0.1) is 0 Å². The van der Waals surface area contributed by atoms with Crippen LogP contribution in [0.3, 0.4) is 0 Å². The van der Waals surface area contributed by atoms with Gasteiger partial charge in [-0.2, -0.15) is 0 Å². The SMILES string of the molecule is CCNC(=O)N1CCN(C(=O)COc2ccccc2F)CC1. The fourth-order valence-corrected chi connectivity index (χ4v) is 2.21. The Kier molecular flexibility index (Phi) is 5.57. The highest BCUT2D eigenvalue weighted by atomic mass is 19.1. The van der Waals surface area contributed by atoms with Crippen LogP contribution in [0.2, 0.25) is 0 Å². The summed E-state index contributed by atoms with van der Waals surface area (Å²) in [5, 5.41) is 2.73. The fraction of sp³-hybridized carbons (Fsp3) is 0.467. The van der Waals surface area contributed by atoms with Gasteiger partial charge in [0.25, 0.3) is 5.91 Å². The maximum Gasteiger partial charge on any atom is 0.317 e. The molecule has 0 atom stereocenters. The third kappa shape index (κ3) is 4.09. The molecule has 1 fully saturated rings. The number of hydrogen-bond acceptors (Lipinski definition) is 3. The lowest BCUT2D eigenvalue weighted by atomic mass is 10.3. The second-order valence-corrected chi connectivity index (χ2v) is 4.92. The van der Waals surface area contributed by atoms with Crippen LogP contribution in [0, 0.1) is 5.82 Å². The molecule has 6 nitrogen and oxygen atoms in total. The van der Waals surface area contributed by atoms with Gasteiger partial charge in [0, 0.05) is 32.7 Å². The van der Waals surface area contributed by atoms with Gasteiger partial charge in [-0.25, -0.2) is 9.18 Å². The van der Waals surface area contributed by atoms with Gasteiger partial charge >= 0.3 is 6.03 Å². The number of piperazine rings is 1. The van der Waals surface area contributed by atoms with Gasteiger partial charge in [-0.05, 0) is 19.1 Å². The highest BCUT2D eigenvalue weighted by Crippen LogP contribution is 2.15. The predicted octanol–water partition coefficient (Wildman–Crippen LogP) is 1.08. The first-order valence-electron chi connectivity index (χ1n) is 7.29. The molecule has 0 aromatic heterocycles. The van der Waals surface area contributed by atoms with Gasteiger partial charge in [-0.15, -0.1) is 0 Å². The number of carbonyl (C=O) groups is 2. The van der Waals surface area contributed by atoms with Gasteiger partial charge in [0.15, 0.2) is 18.2 Å². The Morgan fingerprint density at radius 1 is 1.18 bits per heavy atom. The normalized spacial score (nSPS) is 14.6. The van der Waals surface area contributed by atoms with Crippen LogP contribution >= 0.6 is 0 Å². The molecule has 0 bridgehead atoms. The summed E-state index contributed by atoms with van der Waals surface area (Å²) in [6.07, 6.45) is 0. The first-order chi connectivity index (χ1) is 10.6. The van der Waals surface area contributed by atoms with E-state index in [0.717, 1.165) is 0 Å². The van der Waals surface area contributed by atoms with Crippen LogP contribution in [-0.4, -0.2) is 61.1 Å². The Hall–Kier alpha value is -2.31. The van der Waals surface area contributed by atoms with Gasteiger partial charge in [-0.1, -0.05) is 12.1 Å². The molecule has 1 N–H and O–H groups in total. The van der Waals surface area contributed by atoms with E-state index in [4.69, 9.17) is 4.74 Å². The molecule has 120 valence electrons. The lowest BCUT2D eigenvalue weighted by molar-refractivity contribution is -0.134. The topological polar surface area (TPSA) is 61.9 Å². The molecule has 1 heterocycles. The minimum Gasteiger partial charge on any atom is -0.481 e. The van der Waals surface area contributed by atoms with E-state index in [2.05, 4.69) is 5.32 Å². The molecule has 1 aliphatic rings. The molecule has 22 heavy (non-hydrogen) atoms. The van der Waals surface area contributed by atoms with Crippen molar-refractivity contribution in [1.82, 2.24) is 15.1 Å². The molecule has 1 saturated heterocycles. The summed E-state index contributed by atoms with van der Waals surface area (Å²) < 4.78 is 18.6. The van der Waals surface area contributed by atoms with Gasteiger partial charge in [-0.3, -0.25) is 4.79 Å². The van der Waals surface area contributed by atoms with E-state index < -0.39 is 5.82 Å². The van der Waals surface area contributed by atoms with E-state index in [1.807, 2.05) is 6.92 Å². The number of para-hydroxylation sites is 1. The molecule has 0 spiro atoms. The number of urea groups is 1. The monoisotopic (exact) mass is 309 g/mol. The molecular formula is C15H20FN3O3. The third-order valence-corrected chi connectivity index (χ3v) is 3.44. The number of rotatable bonds is 4. The van der Waals surface area contributed by atoms with Crippen LogP contribution in [0.25, 0.3) is 0 Å². The smallest absolute Gasteiger partial charge is 0.317 e. The molecule has 0 unspecified atom stereocenters. The number of hydrogen-bond donors (Lipinski definition) is 1. The lowest BCUT2D eigenvalue weighted by Gasteiger charge is -2.34. The quantitative estimate of drug-likeness (QED) is 0.905. The van der Waals surface area contributed by atoms with Gasteiger partial charge in [0.2, 0.25) is 0 Å². The summed E-state index contributed by atoms with van der Waals surface area (Å²) in [5.41, 5.74) is 0. The lowest BCUT2D eigenvalue weighted by Crippen LogP contribution is -2.53. The van der Waals surface area contributed by atoms with Gasteiger partial charge < -0.3 is 19.9 Å². The highest BCUT2D eigenvalue weighted by Gasteiger charge is 2.24. The van der Waals surface area contributed by atoms with Crippen molar-refractivity contribution in [3.8, 4) is 5.75 Å². The summed E-state index contributed by atoms with van der Waals surface area (Å²) >= 11 is 0. The Labute approximate surface area is 128 Å². The minimum absolute atomic E-state index is 0.0665. The van der Waals surface area contributed by atoms with Crippen LogP contribution in [0.5, 0.6) is 5.75 Å². The summed E-state index contributed by atoms with van der Waals surface area (Å²) in [4.78, 5) is 27.0. The fourth-order valence-electron chi connectivity index (χ4n) is 2.21. The van der Waals surface area contributed by atoms with E-state index in [9.17, 15) is 14.0 Å². The molecule has 1 aliphatic heterocycles. The Balaban J connectivity index is 1.78. The molecule has 0 aliphatic carbocycles. The van der Waals surface area contributed by atoms with Gasteiger partial charge in [0.1, 0.15) is 0 Å². The van der Waals surface area contributed by atoms with Crippen molar-refractivity contribution in [2.24, 2.45) is 0 Å². The number of nitrogens with one attached hydrogen (secondary N) is 1. The Morgan fingerprint density at radius 2 is 1.82 bits per heavy atom. The second-order valence-electron chi connectivity index (χ2n) is 4.92. The number of halogens is 1. The first-order valence-corrected chi connectivity index (χ1v) is 7.29. The number of ether oxygens (including phenoxy) is 1. The maximum atomic E-state index is 13.4.